The highest BCUT2D eigenvalue weighted by Gasteiger charge is 2.48. The fourth-order valence-electron chi connectivity index (χ4n) is 4.85. The fourth-order valence-corrected chi connectivity index (χ4v) is 4.85. The third-order valence-electron chi connectivity index (χ3n) is 6.17. The number of likely N-dealkylation sites (tertiary alicyclic amines) is 2. The average Bonchev–Trinajstić information content (AvgIpc) is 3.25. The van der Waals surface area contributed by atoms with Gasteiger partial charge in [-0.15, -0.1) is 0 Å². The van der Waals surface area contributed by atoms with Crippen LogP contribution in [0.3, 0.4) is 0 Å². The van der Waals surface area contributed by atoms with Gasteiger partial charge in [0.25, 0.3) is 0 Å². The van der Waals surface area contributed by atoms with Crippen LogP contribution in [0.4, 0.5) is 4.39 Å². The number of phenolic OH excluding ortho intramolecular Hbond substituents is 1. The van der Waals surface area contributed by atoms with E-state index in [1.165, 1.54) is 18.7 Å². The molecular weight excluding hydrogens is 371 g/mol. The van der Waals surface area contributed by atoms with Crippen molar-refractivity contribution in [3.63, 3.8) is 0 Å². The normalized spacial score (nSPS) is 24.1. The summed E-state index contributed by atoms with van der Waals surface area (Å²) in [5, 5.41) is 9.43. The van der Waals surface area contributed by atoms with Gasteiger partial charge in [0, 0.05) is 39.2 Å². The molecule has 0 unspecified atom stereocenters. The molecular formula is C23H27FN2O3. The van der Waals surface area contributed by atoms with Crippen molar-refractivity contribution < 1.29 is 19.0 Å². The summed E-state index contributed by atoms with van der Waals surface area (Å²) in [6.45, 7) is 3.49. The number of nitrogens with zero attached hydrogens (tertiary/aromatic N) is 2. The maximum atomic E-state index is 13.9. The van der Waals surface area contributed by atoms with E-state index in [1.54, 1.807) is 24.3 Å². The molecule has 2 aromatic rings. The molecule has 29 heavy (non-hydrogen) atoms. The van der Waals surface area contributed by atoms with Gasteiger partial charge in [0.2, 0.25) is 5.91 Å². The maximum Gasteiger partial charge on any atom is 0.249 e. The van der Waals surface area contributed by atoms with Gasteiger partial charge in [-0.25, -0.2) is 4.39 Å². The van der Waals surface area contributed by atoms with E-state index in [0.717, 1.165) is 31.6 Å². The third kappa shape index (κ3) is 4.28. The summed E-state index contributed by atoms with van der Waals surface area (Å²) in [6, 6.07) is 13.9. The summed E-state index contributed by atoms with van der Waals surface area (Å²) in [5.41, 5.74) is 2.06. The highest BCUT2D eigenvalue weighted by molar-refractivity contribution is 5.78. The minimum absolute atomic E-state index is 0.0354. The Kier molecular flexibility index (Phi) is 5.83. The van der Waals surface area contributed by atoms with Crippen LogP contribution in [0, 0.1) is 17.7 Å². The van der Waals surface area contributed by atoms with E-state index < -0.39 is 0 Å². The molecule has 3 atom stereocenters. The standard InChI is InChI=1S/C23H27FN2O3/c1-29-15-22(28)26-13-18-12-25(10-9-16-5-7-20(27)8-6-16)14-21(18)23(26)17-3-2-4-19(24)11-17/h2-8,11,18,21,23,27H,9-10,12-15H2,1H3/t18-,21-,23+/m1/s1. The Balaban J connectivity index is 1.48. The van der Waals surface area contributed by atoms with Crippen molar-refractivity contribution in [2.24, 2.45) is 11.8 Å². The molecule has 0 aliphatic carbocycles. The van der Waals surface area contributed by atoms with Crippen LogP contribution in [0.5, 0.6) is 5.75 Å². The molecule has 0 bridgehead atoms. The zero-order valence-electron chi connectivity index (χ0n) is 16.6. The van der Waals surface area contributed by atoms with Crippen LogP contribution in [0.1, 0.15) is 17.2 Å². The number of aromatic hydroxyl groups is 1. The monoisotopic (exact) mass is 398 g/mol. The number of halogens is 1. The highest BCUT2D eigenvalue weighted by Crippen LogP contribution is 2.45. The van der Waals surface area contributed by atoms with Crippen LogP contribution in [0.25, 0.3) is 0 Å². The van der Waals surface area contributed by atoms with E-state index >= 15 is 0 Å². The molecule has 0 spiro atoms. The lowest BCUT2D eigenvalue weighted by molar-refractivity contribution is -0.136. The lowest BCUT2D eigenvalue weighted by Crippen LogP contribution is -2.37. The van der Waals surface area contributed by atoms with Crippen molar-refractivity contribution in [3.8, 4) is 5.75 Å². The van der Waals surface area contributed by atoms with Gasteiger partial charge in [-0.2, -0.15) is 0 Å². The van der Waals surface area contributed by atoms with Crippen molar-refractivity contribution >= 4 is 5.91 Å². The number of fused-ring (bicyclic) bond motifs is 1. The van der Waals surface area contributed by atoms with Crippen LogP contribution >= 0.6 is 0 Å². The largest absolute Gasteiger partial charge is 0.508 e. The molecule has 2 heterocycles. The first-order chi connectivity index (χ1) is 14.0. The zero-order chi connectivity index (χ0) is 20.4. The number of carbonyl (C=O) groups excluding carboxylic acids is 1. The van der Waals surface area contributed by atoms with Crippen LogP contribution in [0.15, 0.2) is 48.5 Å². The molecule has 4 rings (SSSR count). The summed E-state index contributed by atoms with van der Waals surface area (Å²) in [7, 11) is 1.52. The van der Waals surface area contributed by atoms with Crippen molar-refractivity contribution in [2.75, 3.05) is 39.9 Å². The van der Waals surface area contributed by atoms with Gasteiger partial charge in [0.05, 0.1) is 6.04 Å². The number of carbonyl (C=O) groups is 1. The first-order valence-corrected chi connectivity index (χ1v) is 10.1. The predicted molar refractivity (Wildman–Crippen MR) is 108 cm³/mol. The van der Waals surface area contributed by atoms with E-state index in [4.69, 9.17) is 4.74 Å². The molecule has 1 N–H and O–H groups in total. The minimum atomic E-state index is -0.271. The van der Waals surface area contributed by atoms with E-state index in [0.29, 0.717) is 12.5 Å². The van der Waals surface area contributed by atoms with Crippen LogP contribution in [0.2, 0.25) is 0 Å². The van der Waals surface area contributed by atoms with E-state index in [9.17, 15) is 14.3 Å². The van der Waals surface area contributed by atoms with Gasteiger partial charge < -0.3 is 19.6 Å². The number of amides is 1. The van der Waals surface area contributed by atoms with Crippen LogP contribution in [-0.2, 0) is 16.0 Å². The Morgan fingerprint density at radius 2 is 1.97 bits per heavy atom. The molecule has 6 heteroatoms. The average molecular weight is 398 g/mol. The van der Waals surface area contributed by atoms with Gasteiger partial charge in [0.1, 0.15) is 18.2 Å². The van der Waals surface area contributed by atoms with Crippen molar-refractivity contribution in [1.29, 1.82) is 0 Å². The summed E-state index contributed by atoms with van der Waals surface area (Å²) in [4.78, 5) is 17.0. The first-order valence-electron chi connectivity index (χ1n) is 10.1. The van der Waals surface area contributed by atoms with Gasteiger partial charge in [-0.1, -0.05) is 24.3 Å². The number of ether oxygens (including phenoxy) is 1. The molecule has 2 aromatic carbocycles. The van der Waals surface area contributed by atoms with Crippen molar-refractivity contribution in [1.82, 2.24) is 9.80 Å². The SMILES string of the molecule is COCC(=O)N1C[C@H]2CN(CCc3ccc(O)cc3)C[C@H]2[C@@H]1c1cccc(F)c1. The van der Waals surface area contributed by atoms with Crippen LogP contribution in [-0.4, -0.2) is 60.7 Å². The molecule has 1 amide bonds. The topological polar surface area (TPSA) is 53.0 Å². The molecule has 0 saturated carbocycles. The van der Waals surface area contributed by atoms with Crippen LogP contribution < -0.4 is 0 Å². The van der Waals surface area contributed by atoms with Gasteiger partial charge in [-0.3, -0.25) is 4.79 Å². The van der Waals surface area contributed by atoms with Gasteiger partial charge in [-0.05, 0) is 47.7 Å². The second-order valence-corrected chi connectivity index (χ2v) is 8.08. The zero-order valence-corrected chi connectivity index (χ0v) is 16.6. The lowest BCUT2D eigenvalue weighted by atomic mass is 9.89. The molecule has 2 aliphatic heterocycles. The molecule has 2 fully saturated rings. The molecule has 2 aliphatic rings. The predicted octanol–water partition coefficient (Wildman–Crippen LogP) is 2.85. The molecule has 5 nitrogen and oxygen atoms in total. The number of hydrogen-bond donors (Lipinski definition) is 1. The van der Waals surface area contributed by atoms with Crippen molar-refractivity contribution in [3.05, 3.63) is 65.5 Å². The van der Waals surface area contributed by atoms with Gasteiger partial charge in [0.15, 0.2) is 0 Å². The molecule has 154 valence electrons. The molecule has 0 radical (unpaired) electrons. The molecule has 0 aromatic heterocycles. The highest BCUT2D eigenvalue weighted by atomic mass is 19.1. The summed E-state index contributed by atoms with van der Waals surface area (Å²) >= 11 is 0. The van der Waals surface area contributed by atoms with E-state index in [-0.39, 0.29) is 36.0 Å². The Bertz CT molecular complexity index is 857. The number of rotatable bonds is 6. The Morgan fingerprint density at radius 3 is 2.69 bits per heavy atom. The Hall–Kier alpha value is -2.44. The third-order valence-corrected chi connectivity index (χ3v) is 6.17. The first kappa shape index (κ1) is 19.9. The summed E-state index contributed by atoms with van der Waals surface area (Å²) in [6.07, 6.45) is 0.913. The Morgan fingerprint density at radius 1 is 1.17 bits per heavy atom. The minimum Gasteiger partial charge on any atom is -0.508 e. The second kappa shape index (κ2) is 8.51. The van der Waals surface area contributed by atoms with E-state index in [1.807, 2.05) is 23.1 Å². The number of hydrogen-bond acceptors (Lipinski definition) is 4. The quantitative estimate of drug-likeness (QED) is 0.813. The summed E-state index contributed by atoms with van der Waals surface area (Å²) in [5.74, 6) is 0.642. The van der Waals surface area contributed by atoms with E-state index in [2.05, 4.69) is 4.90 Å². The number of phenols is 1. The smallest absolute Gasteiger partial charge is 0.249 e. The lowest BCUT2D eigenvalue weighted by Gasteiger charge is -2.30. The van der Waals surface area contributed by atoms with Crippen molar-refractivity contribution in [2.45, 2.75) is 12.5 Å². The summed E-state index contributed by atoms with van der Waals surface area (Å²) < 4.78 is 19.0. The maximum absolute atomic E-state index is 13.9. The Labute approximate surface area is 170 Å². The number of benzene rings is 2. The second-order valence-electron chi connectivity index (χ2n) is 8.08. The van der Waals surface area contributed by atoms with Gasteiger partial charge >= 0.3 is 0 Å². The fraction of sp³-hybridized carbons (Fsp3) is 0.435. The number of methoxy groups -OCH3 is 1. The molecule has 2 saturated heterocycles.